The first kappa shape index (κ1) is 14.1. The Hall–Kier alpha value is -0.850. The number of aromatic nitrogens is 1. The molecule has 2 aliphatic rings. The summed E-state index contributed by atoms with van der Waals surface area (Å²) >= 11 is 6.06. The average molecular weight is 316 g/mol. The van der Waals surface area contributed by atoms with Crippen LogP contribution in [0.5, 0.6) is 0 Å². The second-order valence-electron chi connectivity index (χ2n) is 5.40. The molecule has 0 unspecified atom stereocenters. The molecule has 1 N–H and O–H groups in total. The summed E-state index contributed by atoms with van der Waals surface area (Å²) in [5, 5.41) is 3.79. The number of rotatable bonds is 4. The van der Waals surface area contributed by atoms with E-state index in [1.54, 1.807) is 22.6 Å². The van der Waals surface area contributed by atoms with Crippen LogP contribution in [0.1, 0.15) is 25.7 Å². The zero-order valence-electron chi connectivity index (χ0n) is 11.1. The molecule has 0 bridgehead atoms. The van der Waals surface area contributed by atoms with Gasteiger partial charge in [-0.15, -0.1) is 0 Å². The van der Waals surface area contributed by atoms with Gasteiger partial charge in [-0.1, -0.05) is 11.6 Å². The van der Waals surface area contributed by atoms with Crippen molar-refractivity contribution in [1.29, 1.82) is 0 Å². The normalized spacial score (nSPS) is 21.9. The molecule has 0 spiro atoms. The van der Waals surface area contributed by atoms with Crippen LogP contribution in [-0.4, -0.2) is 42.1 Å². The van der Waals surface area contributed by atoms with Crippen LogP contribution in [0.4, 0.5) is 5.82 Å². The number of nitrogens with zero attached hydrogens (tertiary/aromatic N) is 2. The number of pyridine rings is 1. The van der Waals surface area contributed by atoms with Gasteiger partial charge in [-0.25, -0.2) is 17.7 Å². The van der Waals surface area contributed by atoms with Crippen molar-refractivity contribution in [3.8, 4) is 0 Å². The molecule has 0 aromatic carbocycles. The molecule has 20 heavy (non-hydrogen) atoms. The molecule has 1 saturated carbocycles. The number of sulfonamides is 1. The number of anilines is 1. The van der Waals surface area contributed by atoms with Crippen LogP contribution in [0.3, 0.4) is 0 Å². The van der Waals surface area contributed by atoms with E-state index in [9.17, 15) is 8.42 Å². The Morgan fingerprint density at radius 3 is 2.55 bits per heavy atom. The largest absolute Gasteiger partial charge is 0.366 e. The summed E-state index contributed by atoms with van der Waals surface area (Å²) in [4.78, 5) is 4.20. The summed E-state index contributed by atoms with van der Waals surface area (Å²) in [5.41, 5.74) is 0. The van der Waals surface area contributed by atoms with Crippen LogP contribution >= 0.6 is 11.6 Å². The molecule has 0 atom stereocenters. The maximum atomic E-state index is 12.1. The molecule has 5 nitrogen and oxygen atoms in total. The Bertz CT molecular complexity index is 581. The molecule has 1 aliphatic heterocycles. The second-order valence-corrected chi connectivity index (χ2v) is 8.02. The number of hydrogen-bond donors (Lipinski definition) is 1. The molecule has 2 fully saturated rings. The molecule has 1 aliphatic carbocycles. The fourth-order valence-corrected chi connectivity index (χ4v) is 4.57. The molecule has 1 aromatic heterocycles. The molecule has 1 saturated heterocycles. The van der Waals surface area contributed by atoms with Crippen molar-refractivity contribution in [3.63, 3.8) is 0 Å². The summed E-state index contributed by atoms with van der Waals surface area (Å²) in [6, 6.07) is 3.81. The van der Waals surface area contributed by atoms with Crippen LogP contribution in [0, 0.1) is 0 Å². The van der Waals surface area contributed by atoms with E-state index < -0.39 is 10.0 Å². The van der Waals surface area contributed by atoms with E-state index in [1.165, 1.54) is 0 Å². The van der Waals surface area contributed by atoms with Gasteiger partial charge in [-0.3, -0.25) is 0 Å². The first-order valence-corrected chi connectivity index (χ1v) is 8.81. The van der Waals surface area contributed by atoms with E-state index >= 15 is 0 Å². The first-order valence-electron chi connectivity index (χ1n) is 6.93. The minimum atomic E-state index is -3.03. The molecular weight excluding hydrogens is 298 g/mol. The maximum absolute atomic E-state index is 12.1. The van der Waals surface area contributed by atoms with Gasteiger partial charge in [0.25, 0.3) is 0 Å². The Morgan fingerprint density at radius 2 is 1.95 bits per heavy atom. The maximum Gasteiger partial charge on any atom is 0.216 e. The highest BCUT2D eigenvalue weighted by atomic mass is 35.5. The lowest BCUT2D eigenvalue weighted by Crippen LogP contribution is -2.43. The molecule has 0 radical (unpaired) electrons. The van der Waals surface area contributed by atoms with Crippen molar-refractivity contribution in [3.05, 3.63) is 23.4 Å². The molecule has 0 amide bonds. The minimum absolute atomic E-state index is 0.114. The minimum Gasteiger partial charge on any atom is -0.366 e. The summed E-state index contributed by atoms with van der Waals surface area (Å²) in [5.74, 6) is 0.678. The third-order valence-corrected chi connectivity index (χ3v) is 6.56. The lowest BCUT2D eigenvalue weighted by atomic mass is 10.1. The molecule has 110 valence electrons. The van der Waals surface area contributed by atoms with E-state index in [-0.39, 0.29) is 11.3 Å². The van der Waals surface area contributed by atoms with Gasteiger partial charge in [0.1, 0.15) is 5.82 Å². The Morgan fingerprint density at radius 1 is 1.25 bits per heavy atom. The highest BCUT2D eigenvalue weighted by molar-refractivity contribution is 7.90. The number of nitrogens with one attached hydrogen (secondary N) is 1. The van der Waals surface area contributed by atoms with Gasteiger partial charge in [-0.2, -0.15) is 0 Å². The van der Waals surface area contributed by atoms with Gasteiger partial charge in [0.15, 0.2) is 0 Å². The summed E-state index contributed by atoms with van der Waals surface area (Å²) < 4.78 is 25.9. The Balaban J connectivity index is 1.58. The van der Waals surface area contributed by atoms with Crippen molar-refractivity contribution >= 4 is 27.4 Å². The lowest BCUT2D eigenvalue weighted by molar-refractivity contribution is 0.329. The van der Waals surface area contributed by atoms with Crippen molar-refractivity contribution in [2.75, 3.05) is 18.4 Å². The highest BCUT2D eigenvalue weighted by Crippen LogP contribution is 2.32. The lowest BCUT2D eigenvalue weighted by Gasteiger charge is -2.32. The van der Waals surface area contributed by atoms with Crippen molar-refractivity contribution < 1.29 is 8.42 Å². The number of halogens is 1. The second kappa shape index (κ2) is 5.50. The molecular formula is C13H18ClN3O2S. The average Bonchev–Trinajstić information content (AvgIpc) is 3.27. The standard InChI is InChI=1S/C13H18ClN3O2S/c14-12-2-1-7-15-13(12)16-10-5-8-17(9-6-10)20(18,19)11-3-4-11/h1-2,7,10-11H,3-6,8-9H2,(H,15,16). The third kappa shape index (κ3) is 2.92. The Kier molecular flexibility index (Phi) is 3.88. The summed E-state index contributed by atoms with van der Waals surface area (Å²) in [6.07, 6.45) is 4.92. The zero-order valence-corrected chi connectivity index (χ0v) is 12.7. The Labute approximate surface area is 124 Å². The summed E-state index contributed by atoms with van der Waals surface area (Å²) in [6.45, 7) is 1.17. The molecule has 1 aromatic rings. The van der Waals surface area contributed by atoms with Gasteiger partial charge in [0, 0.05) is 25.3 Å². The number of piperidine rings is 1. The smallest absolute Gasteiger partial charge is 0.216 e. The van der Waals surface area contributed by atoms with Crippen molar-refractivity contribution in [2.24, 2.45) is 0 Å². The van der Waals surface area contributed by atoms with Crippen molar-refractivity contribution in [1.82, 2.24) is 9.29 Å². The quantitative estimate of drug-likeness (QED) is 0.924. The molecule has 2 heterocycles. The molecule has 7 heteroatoms. The SMILES string of the molecule is O=S(=O)(C1CC1)N1CCC(Nc2ncccc2Cl)CC1. The molecule has 3 rings (SSSR count). The third-order valence-electron chi connectivity index (χ3n) is 3.86. The topological polar surface area (TPSA) is 62.3 Å². The highest BCUT2D eigenvalue weighted by Gasteiger charge is 2.41. The fourth-order valence-electron chi connectivity index (χ4n) is 2.52. The van der Waals surface area contributed by atoms with Gasteiger partial charge >= 0.3 is 0 Å². The van der Waals surface area contributed by atoms with Gasteiger partial charge in [0.2, 0.25) is 10.0 Å². The van der Waals surface area contributed by atoms with Crippen LogP contribution < -0.4 is 5.32 Å². The van der Waals surface area contributed by atoms with Crippen molar-refractivity contribution in [2.45, 2.75) is 37.0 Å². The van der Waals surface area contributed by atoms with Gasteiger partial charge in [-0.05, 0) is 37.8 Å². The summed E-state index contributed by atoms with van der Waals surface area (Å²) in [7, 11) is -3.03. The first-order chi connectivity index (χ1) is 9.57. The van der Waals surface area contributed by atoms with E-state index in [2.05, 4.69) is 10.3 Å². The number of hydrogen-bond acceptors (Lipinski definition) is 4. The monoisotopic (exact) mass is 315 g/mol. The van der Waals surface area contributed by atoms with Gasteiger partial charge < -0.3 is 5.32 Å². The van der Waals surface area contributed by atoms with Crippen LogP contribution in [0.25, 0.3) is 0 Å². The van der Waals surface area contributed by atoms with Crippen LogP contribution in [-0.2, 0) is 10.0 Å². The van der Waals surface area contributed by atoms with Crippen LogP contribution in [0.15, 0.2) is 18.3 Å². The van der Waals surface area contributed by atoms with E-state index in [0.29, 0.717) is 23.9 Å². The van der Waals surface area contributed by atoms with E-state index in [4.69, 9.17) is 11.6 Å². The zero-order chi connectivity index (χ0) is 14.2. The predicted molar refractivity (Wildman–Crippen MR) is 79.4 cm³/mol. The fraction of sp³-hybridized carbons (Fsp3) is 0.615. The van der Waals surface area contributed by atoms with E-state index in [0.717, 1.165) is 25.7 Å². The van der Waals surface area contributed by atoms with Gasteiger partial charge in [0.05, 0.1) is 10.3 Å². The van der Waals surface area contributed by atoms with E-state index in [1.807, 2.05) is 0 Å². The predicted octanol–water partition coefficient (Wildman–Crippen LogP) is 2.10. The van der Waals surface area contributed by atoms with Crippen LogP contribution in [0.2, 0.25) is 5.02 Å².